The summed E-state index contributed by atoms with van der Waals surface area (Å²) in [5.41, 5.74) is 2.80. The zero-order chi connectivity index (χ0) is 22.8. The zero-order valence-electron chi connectivity index (χ0n) is 17.6. The standard InChI is InChI=1S/C18H18NO5S.2Na.H2O4S/c1-14-3-2-4-16(13-14)7-10-18(20)19-12-11-15-5-8-17(9-6-15)24-25(21,22)23;;;1-5(2,3)4/h2,4-10,13H,11-12H2,1H3,(H,19,20)(H,21,22,23);;;(H2,1,2,3,4)/q-1;2*+1;/p-2/b10-7+;;;. The van der Waals surface area contributed by atoms with Gasteiger partial charge in [-0.05, 0) is 24.1 Å². The molecule has 0 saturated heterocycles. The number of carbonyl (C=O) groups excluding carboxylic acids is 1. The summed E-state index contributed by atoms with van der Waals surface area (Å²) < 4.78 is 68.5. The second kappa shape index (κ2) is 16.0. The molecule has 0 aromatic heterocycles. The fourth-order valence-corrected chi connectivity index (χ4v) is 2.45. The van der Waals surface area contributed by atoms with Crippen LogP contribution in [0.5, 0.6) is 5.75 Å². The first-order valence-corrected chi connectivity index (χ1v) is 10.9. The van der Waals surface area contributed by atoms with E-state index >= 15 is 0 Å². The Balaban J connectivity index is 0. The first-order chi connectivity index (χ1) is 13.8. The molecule has 32 heavy (non-hydrogen) atoms. The molecule has 0 fully saturated rings. The van der Waals surface area contributed by atoms with Crippen LogP contribution < -0.4 is 68.6 Å². The first kappa shape index (κ1) is 33.4. The predicted molar refractivity (Wildman–Crippen MR) is 105 cm³/mol. The summed E-state index contributed by atoms with van der Waals surface area (Å²) in [6.07, 6.45) is 3.75. The molecule has 0 bridgehead atoms. The molecule has 14 heteroatoms. The summed E-state index contributed by atoms with van der Waals surface area (Å²) in [7, 11) is -9.68. The van der Waals surface area contributed by atoms with Crippen LogP contribution in [0.4, 0.5) is 0 Å². The van der Waals surface area contributed by atoms with E-state index in [1.54, 1.807) is 24.3 Å². The summed E-state index contributed by atoms with van der Waals surface area (Å²) in [4.78, 5) is 11.8. The second-order valence-corrected chi connectivity index (χ2v) is 7.58. The molecule has 164 valence electrons. The van der Waals surface area contributed by atoms with Gasteiger partial charge in [0, 0.05) is 12.6 Å². The second-order valence-electron chi connectivity index (χ2n) is 5.74. The van der Waals surface area contributed by atoms with Crippen LogP contribution in [0.3, 0.4) is 0 Å². The van der Waals surface area contributed by atoms with Gasteiger partial charge in [-0.25, -0.2) is 16.8 Å². The van der Waals surface area contributed by atoms with Crippen molar-refractivity contribution in [3.05, 3.63) is 71.3 Å². The Morgan fingerprint density at radius 1 is 1.12 bits per heavy atom. The SMILES string of the molecule is Cc1[c-]ccc(/C=C/C(=O)NCCc2ccc(OS(=O)(=O)[O-])cc2)c1.O=S(=O)([O-])O.[Na+].[Na+]. The van der Waals surface area contributed by atoms with Gasteiger partial charge in [-0.1, -0.05) is 25.1 Å². The summed E-state index contributed by atoms with van der Waals surface area (Å²) in [5, 5.41) is 2.76. The van der Waals surface area contributed by atoms with E-state index in [1.807, 2.05) is 19.1 Å². The third-order valence-corrected chi connectivity index (χ3v) is 3.63. The van der Waals surface area contributed by atoms with Crippen molar-refractivity contribution in [3.8, 4) is 5.75 Å². The number of rotatable bonds is 7. The minimum absolute atomic E-state index is 0. The van der Waals surface area contributed by atoms with Crippen LogP contribution in [0.2, 0.25) is 0 Å². The van der Waals surface area contributed by atoms with E-state index in [2.05, 4.69) is 15.6 Å². The van der Waals surface area contributed by atoms with E-state index in [1.165, 1.54) is 18.2 Å². The van der Waals surface area contributed by atoms with Crippen LogP contribution in [0, 0.1) is 13.0 Å². The number of hydrogen-bond acceptors (Lipinski definition) is 8. The quantitative estimate of drug-likeness (QED) is 0.124. The normalized spacial score (nSPS) is 10.8. The van der Waals surface area contributed by atoms with Crippen molar-refractivity contribution >= 4 is 32.8 Å². The Bertz CT molecular complexity index is 1080. The number of aryl methyl sites for hydroxylation is 1. The molecule has 0 unspecified atom stereocenters. The van der Waals surface area contributed by atoms with Crippen molar-refractivity contribution in [1.29, 1.82) is 0 Å². The van der Waals surface area contributed by atoms with E-state index in [0.29, 0.717) is 13.0 Å². The molecule has 2 rings (SSSR count). The average molecular weight is 502 g/mol. The molecule has 0 aliphatic carbocycles. The summed E-state index contributed by atoms with van der Waals surface area (Å²) in [6.45, 7) is 2.35. The van der Waals surface area contributed by atoms with Gasteiger partial charge >= 0.3 is 59.1 Å². The maximum absolute atomic E-state index is 11.8. The minimum Gasteiger partial charge on any atom is -0.726 e. The fraction of sp³-hybridized carbons (Fsp3) is 0.167. The number of hydrogen-bond donors (Lipinski definition) is 2. The maximum atomic E-state index is 11.8. The average Bonchev–Trinajstić information content (AvgIpc) is 2.59. The van der Waals surface area contributed by atoms with Crippen LogP contribution in [0.1, 0.15) is 16.7 Å². The summed E-state index contributed by atoms with van der Waals surface area (Å²) >= 11 is 0. The monoisotopic (exact) mass is 502 g/mol. The molecule has 0 saturated carbocycles. The van der Waals surface area contributed by atoms with Gasteiger partial charge in [-0.2, -0.15) is 29.8 Å². The van der Waals surface area contributed by atoms with Gasteiger partial charge < -0.3 is 18.6 Å². The largest absolute Gasteiger partial charge is 1.00 e. The van der Waals surface area contributed by atoms with Gasteiger partial charge in [0.25, 0.3) is 10.4 Å². The van der Waals surface area contributed by atoms with Gasteiger partial charge in [0.2, 0.25) is 16.3 Å². The molecule has 0 heterocycles. The van der Waals surface area contributed by atoms with Crippen LogP contribution >= 0.6 is 0 Å². The van der Waals surface area contributed by atoms with Crippen LogP contribution in [0.25, 0.3) is 6.08 Å². The Morgan fingerprint density at radius 3 is 2.19 bits per heavy atom. The molecule has 2 aromatic carbocycles. The molecule has 0 aliphatic heterocycles. The van der Waals surface area contributed by atoms with E-state index in [0.717, 1.165) is 16.7 Å². The first-order valence-electron chi connectivity index (χ1n) is 8.18. The summed E-state index contributed by atoms with van der Waals surface area (Å²) in [5.74, 6) is -0.246. The molecule has 2 N–H and O–H groups in total. The minimum atomic E-state index is -4.92. The van der Waals surface area contributed by atoms with Crippen LogP contribution in [-0.4, -0.2) is 42.9 Å². The van der Waals surface area contributed by atoms with E-state index in [4.69, 9.17) is 17.5 Å². The Morgan fingerprint density at radius 2 is 1.69 bits per heavy atom. The number of amides is 1. The molecule has 1 amide bonds. The summed E-state index contributed by atoms with van der Waals surface area (Å²) in [6, 6.07) is 14.7. The molecular weight excluding hydrogens is 484 g/mol. The Kier molecular flexibility index (Phi) is 16.7. The number of benzene rings is 2. The fourth-order valence-electron chi connectivity index (χ4n) is 2.10. The third kappa shape index (κ3) is 18.8. The van der Waals surface area contributed by atoms with E-state index < -0.39 is 20.8 Å². The molecule has 0 radical (unpaired) electrons. The smallest absolute Gasteiger partial charge is 0.726 e. The van der Waals surface area contributed by atoms with Gasteiger partial charge in [-0.15, -0.1) is 5.56 Å². The van der Waals surface area contributed by atoms with Crippen molar-refractivity contribution in [2.24, 2.45) is 0 Å². The van der Waals surface area contributed by atoms with Gasteiger partial charge in [0.05, 0.1) is 0 Å². The van der Waals surface area contributed by atoms with Crippen molar-refractivity contribution in [2.75, 3.05) is 6.54 Å². The zero-order valence-corrected chi connectivity index (χ0v) is 23.3. The third-order valence-electron chi connectivity index (χ3n) is 3.23. The van der Waals surface area contributed by atoms with Crippen molar-refractivity contribution in [3.63, 3.8) is 0 Å². The van der Waals surface area contributed by atoms with Crippen molar-refractivity contribution in [2.45, 2.75) is 13.3 Å². The van der Waals surface area contributed by atoms with Gasteiger partial charge in [0.15, 0.2) is 0 Å². The van der Waals surface area contributed by atoms with Gasteiger partial charge in [-0.3, -0.25) is 9.35 Å². The van der Waals surface area contributed by atoms with Crippen LogP contribution in [0.15, 0.2) is 48.5 Å². The Labute approximate surface area is 231 Å². The molecule has 10 nitrogen and oxygen atoms in total. The molecule has 0 spiro atoms. The molecule has 2 aromatic rings. The van der Waals surface area contributed by atoms with Gasteiger partial charge in [0.1, 0.15) is 5.75 Å². The van der Waals surface area contributed by atoms with Crippen LogP contribution in [-0.2, 0) is 32.0 Å². The van der Waals surface area contributed by atoms with E-state index in [9.17, 15) is 17.8 Å². The molecule has 0 aliphatic rings. The number of carbonyl (C=O) groups is 1. The number of nitrogens with one attached hydrogen (secondary N) is 1. The Hall–Kier alpha value is -0.770. The van der Waals surface area contributed by atoms with Crippen molar-refractivity contribution in [1.82, 2.24) is 5.32 Å². The molecule has 0 atom stereocenters. The predicted octanol–water partition coefficient (Wildman–Crippen LogP) is -4.98. The maximum Gasteiger partial charge on any atom is 1.00 e. The van der Waals surface area contributed by atoms with Crippen molar-refractivity contribution < 1.29 is 98.6 Å². The topological polar surface area (TPSA) is 173 Å². The van der Waals surface area contributed by atoms with E-state index in [-0.39, 0.29) is 70.8 Å². The molecular formula is C18H18NNa2O9S2-.